The van der Waals surface area contributed by atoms with E-state index in [1.165, 1.54) is 12.1 Å². The first-order chi connectivity index (χ1) is 9.61. The number of carbonyl (C=O) groups excluding carboxylic acids is 1. The molecular formula is C14H18BrFN2O2. The third-order valence-electron chi connectivity index (χ3n) is 3.23. The maximum atomic E-state index is 13.7. The minimum absolute atomic E-state index is 0.126. The molecule has 0 atom stereocenters. The number of hydrogen-bond donors (Lipinski definition) is 2. The van der Waals surface area contributed by atoms with Crippen LogP contribution in [0.15, 0.2) is 22.7 Å². The van der Waals surface area contributed by atoms with E-state index in [1.807, 2.05) is 0 Å². The van der Waals surface area contributed by atoms with E-state index in [2.05, 4.69) is 21.2 Å². The Balaban J connectivity index is 1.97. The van der Waals surface area contributed by atoms with Gasteiger partial charge in [-0.3, -0.25) is 0 Å². The van der Waals surface area contributed by atoms with E-state index in [0.29, 0.717) is 17.4 Å². The Morgan fingerprint density at radius 2 is 2.20 bits per heavy atom. The van der Waals surface area contributed by atoms with E-state index >= 15 is 0 Å². The van der Waals surface area contributed by atoms with Gasteiger partial charge < -0.3 is 15.3 Å². The minimum Gasteiger partial charge on any atom is -0.396 e. The van der Waals surface area contributed by atoms with Crippen LogP contribution in [0.5, 0.6) is 0 Å². The normalized spacial score (nSPS) is 14.2. The molecule has 0 unspecified atom stereocenters. The molecule has 0 aliphatic heterocycles. The van der Waals surface area contributed by atoms with Gasteiger partial charge in [-0.2, -0.15) is 0 Å². The predicted octanol–water partition coefficient (Wildman–Crippen LogP) is 3.36. The van der Waals surface area contributed by atoms with Gasteiger partial charge in [0.15, 0.2) is 0 Å². The lowest BCUT2D eigenvalue weighted by Gasteiger charge is -2.23. The summed E-state index contributed by atoms with van der Waals surface area (Å²) in [6.07, 6.45) is 3.41. The number of aliphatic hydroxyl groups excluding tert-OH is 1. The van der Waals surface area contributed by atoms with Crippen molar-refractivity contribution >= 4 is 27.6 Å². The molecule has 1 aliphatic rings. The second kappa shape index (κ2) is 7.04. The lowest BCUT2D eigenvalue weighted by molar-refractivity contribution is 0.204. The number of urea groups is 1. The molecule has 0 heterocycles. The molecule has 1 fully saturated rings. The van der Waals surface area contributed by atoms with Crippen molar-refractivity contribution in [1.29, 1.82) is 0 Å². The number of halogens is 2. The number of rotatable bonds is 6. The quantitative estimate of drug-likeness (QED) is 0.777. The van der Waals surface area contributed by atoms with Crippen molar-refractivity contribution < 1.29 is 14.3 Å². The number of unbranched alkanes of at least 4 members (excludes halogenated alkanes) is 1. The highest BCUT2D eigenvalue weighted by molar-refractivity contribution is 9.10. The van der Waals surface area contributed by atoms with Crippen LogP contribution in [0, 0.1) is 5.82 Å². The highest BCUT2D eigenvalue weighted by Gasteiger charge is 2.32. The van der Waals surface area contributed by atoms with Crippen LogP contribution in [-0.4, -0.2) is 35.2 Å². The second-order valence-electron chi connectivity index (χ2n) is 4.91. The molecule has 1 aromatic carbocycles. The number of amides is 2. The van der Waals surface area contributed by atoms with Crippen molar-refractivity contribution in [2.75, 3.05) is 18.5 Å². The fourth-order valence-corrected chi connectivity index (χ4v) is 2.34. The molecule has 2 rings (SSSR count). The molecule has 1 saturated carbocycles. The molecule has 6 heteroatoms. The summed E-state index contributed by atoms with van der Waals surface area (Å²) in [5.74, 6) is -0.459. The second-order valence-corrected chi connectivity index (χ2v) is 5.83. The highest BCUT2D eigenvalue weighted by Crippen LogP contribution is 2.28. The van der Waals surface area contributed by atoms with Crippen LogP contribution in [0.1, 0.15) is 25.7 Å². The van der Waals surface area contributed by atoms with Gasteiger partial charge in [0.05, 0.1) is 5.69 Å². The lowest BCUT2D eigenvalue weighted by atomic mass is 10.3. The summed E-state index contributed by atoms with van der Waals surface area (Å²) in [7, 11) is 0. The van der Waals surface area contributed by atoms with Crippen LogP contribution in [0.3, 0.4) is 0 Å². The van der Waals surface area contributed by atoms with Gasteiger partial charge in [-0.05, 0) is 43.9 Å². The average molecular weight is 345 g/mol. The van der Waals surface area contributed by atoms with E-state index < -0.39 is 5.82 Å². The summed E-state index contributed by atoms with van der Waals surface area (Å²) in [5, 5.41) is 11.4. The van der Waals surface area contributed by atoms with E-state index in [4.69, 9.17) is 5.11 Å². The number of anilines is 1. The Hall–Kier alpha value is -1.14. The first kappa shape index (κ1) is 15.3. The van der Waals surface area contributed by atoms with Crippen LogP contribution < -0.4 is 5.32 Å². The zero-order valence-electron chi connectivity index (χ0n) is 11.1. The fraction of sp³-hybridized carbons (Fsp3) is 0.500. The molecule has 0 saturated heterocycles. The van der Waals surface area contributed by atoms with Crippen LogP contribution in [0.25, 0.3) is 0 Å². The van der Waals surface area contributed by atoms with Crippen molar-refractivity contribution in [3.8, 4) is 0 Å². The average Bonchev–Trinajstić information content (AvgIpc) is 3.22. The van der Waals surface area contributed by atoms with Crippen molar-refractivity contribution in [3.63, 3.8) is 0 Å². The van der Waals surface area contributed by atoms with E-state index in [9.17, 15) is 9.18 Å². The monoisotopic (exact) mass is 344 g/mol. The summed E-state index contributed by atoms with van der Waals surface area (Å²) in [6.45, 7) is 0.719. The number of aliphatic hydroxyl groups is 1. The SMILES string of the molecule is O=C(Nc1ccc(Br)cc1F)N(CCCCO)C1CC1. The molecule has 0 bridgehead atoms. The molecule has 110 valence electrons. The number of benzene rings is 1. The van der Waals surface area contributed by atoms with Gasteiger partial charge in [0, 0.05) is 23.7 Å². The van der Waals surface area contributed by atoms with Gasteiger partial charge in [-0.25, -0.2) is 9.18 Å². The zero-order valence-corrected chi connectivity index (χ0v) is 12.7. The minimum atomic E-state index is -0.459. The largest absolute Gasteiger partial charge is 0.396 e. The van der Waals surface area contributed by atoms with Crippen molar-refractivity contribution in [1.82, 2.24) is 4.90 Å². The van der Waals surface area contributed by atoms with Gasteiger partial charge in [0.1, 0.15) is 5.82 Å². The van der Waals surface area contributed by atoms with Crippen molar-refractivity contribution in [2.24, 2.45) is 0 Å². The Morgan fingerprint density at radius 3 is 2.80 bits per heavy atom. The number of nitrogens with one attached hydrogen (secondary N) is 1. The zero-order chi connectivity index (χ0) is 14.5. The van der Waals surface area contributed by atoms with Gasteiger partial charge in [-0.1, -0.05) is 15.9 Å². The first-order valence-corrected chi connectivity index (χ1v) is 7.54. The third-order valence-corrected chi connectivity index (χ3v) is 3.72. The molecule has 4 nitrogen and oxygen atoms in total. The Bertz CT molecular complexity index is 480. The topological polar surface area (TPSA) is 52.6 Å². The summed E-state index contributed by atoms with van der Waals surface area (Å²) in [4.78, 5) is 13.9. The Kier molecular flexibility index (Phi) is 5.37. The molecule has 2 N–H and O–H groups in total. The highest BCUT2D eigenvalue weighted by atomic mass is 79.9. The molecule has 2 amide bonds. The van der Waals surface area contributed by atoms with E-state index in [-0.39, 0.29) is 24.4 Å². The number of hydrogen-bond acceptors (Lipinski definition) is 2. The molecule has 0 aromatic heterocycles. The predicted molar refractivity (Wildman–Crippen MR) is 79.2 cm³/mol. The maximum absolute atomic E-state index is 13.7. The van der Waals surface area contributed by atoms with Gasteiger partial charge in [0.2, 0.25) is 0 Å². The Morgan fingerprint density at radius 1 is 1.45 bits per heavy atom. The smallest absolute Gasteiger partial charge is 0.322 e. The van der Waals surface area contributed by atoms with Gasteiger partial charge in [0.25, 0.3) is 0 Å². The molecular weight excluding hydrogens is 327 g/mol. The summed E-state index contributed by atoms with van der Waals surface area (Å²) < 4.78 is 14.3. The first-order valence-electron chi connectivity index (χ1n) is 6.75. The molecule has 0 radical (unpaired) electrons. The molecule has 1 aromatic rings. The van der Waals surface area contributed by atoms with Crippen LogP contribution >= 0.6 is 15.9 Å². The standard InChI is InChI=1S/C14H18BrFN2O2/c15-10-3-6-13(12(16)9-10)17-14(20)18(11-4-5-11)7-1-2-8-19/h3,6,9,11,19H,1-2,4-5,7-8H2,(H,17,20). The van der Waals surface area contributed by atoms with Crippen LogP contribution in [-0.2, 0) is 0 Å². The molecule has 20 heavy (non-hydrogen) atoms. The van der Waals surface area contributed by atoms with E-state index in [1.54, 1.807) is 11.0 Å². The Labute approximate surface area is 126 Å². The van der Waals surface area contributed by atoms with Crippen molar-refractivity contribution in [2.45, 2.75) is 31.7 Å². The molecule has 0 spiro atoms. The van der Waals surface area contributed by atoms with Crippen molar-refractivity contribution in [3.05, 3.63) is 28.5 Å². The summed E-state index contributed by atoms with van der Waals surface area (Å²) in [5.41, 5.74) is 0.186. The third kappa shape index (κ3) is 4.18. The van der Waals surface area contributed by atoms with Gasteiger partial charge in [-0.15, -0.1) is 0 Å². The summed E-state index contributed by atoms with van der Waals surface area (Å²) >= 11 is 3.18. The lowest BCUT2D eigenvalue weighted by Crippen LogP contribution is -2.37. The number of carbonyl (C=O) groups is 1. The fourth-order valence-electron chi connectivity index (χ4n) is 2.01. The van der Waals surface area contributed by atoms with Crippen LogP contribution in [0.2, 0.25) is 0 Å². The van der Waals surface area contributed by atoms with Gasteiger partial charge >= 0.3 is 6.03 Å². The maximum Gasteiger partial charge on any atom is 0.322 e. The van der Waals surface area contributed by atoms with Crippen LogP contribution in [0.4, 0.5) is 14.9 Å². The molecule has 1 aliphatic carbocycles. The van der Waals surface area contributed by atoms with E-state index in [0.717, 1.165) is 19.3 Å². The number of nitrogens with zero attached hydrogens (tertiary/aromatic N) is 1. The summed E-state index contributed by atoms with van der Waals surface area (Å²) in [6, 6.07) is 4.53.